The van der Waals surface area contributed by atoms with Crippen LogP contribution in [-0.4, -0.2) is 58.2 Å². The molecule has 1 saturated carbocycles. The number of hydrogen-bond acceptors (Lipinski definition) is 3. The van der Waals surface area contributed by atoms with Crippen molar-refractivity contribution < 1.29 is 4.79 Å². The lowest BCUT2D eigenvalue weighted by atomic mass is 9.92. The van der Waals surface area contributed by atoms with Gasteiger partial charge in [0.2, 0.25) is 0 Å². The van der Waals surface area contributed by atoms with E-state index in [-0.39, 0.29) is 5.91 Å². The van der Waals surface area contributed by atoms with Crippen molar-refractivity contribution in [1.29, 1.82) is 0 Å². The Hall–Kier alpha value is -2.14. The van der Waals surface area contributed by atoms with Gasteiger partial charge in [0.15, 0.2) is 5.69 Å². The molecule has 2 heterocycles. The van der Waals surface area contributed by atoms with E-state index in [2.05, 4.69) is 39.5 Å². The van der Waals surface area contributed by atoms with Crippen LogP contribution in [0.15, 0.2) is 36.4 Å². The van der Waals surface area contributed by atoms with Crippen LogP contribution in [0.5, 0.6) is 0 Å². The molecule has 2 aromatic rings. The molecule has 31 heavy (non-hydrogen) atoms. The highest BCUT2D eigenvalue weighted by molar-refractivity contribution is 5.93. The minimum Gasteiger partial charge on any atom is -0.337 e. The number of benzene rings is 1. The fourth-order valence-electron chi connectivity index (χ4n) is 5.03. The number of carbonyl (C=O) groups is 1. The van der Waals surface area contributed by atoms with Crippen molar-refractivity contribution in [3.8, 4) is 5.69 Å². The topological polar surface area (TPSA) is 41.4 Å². The maximum absolute atomic E-state index is 13.3. The molecular weight excluding hydrogens is 384 g/mol. The highest BCUT2D eigenvalue weighted by atomic mass is 16.2. The number of para-hydroxylation sites is 1. The van der Waals surface area contributed by atoms with Gasteiger partial charge in [-0.05, 0) is 60.8 Å². The summed E-state index contributed by atoms with van der Waals surface area (Å²) in [6.07, 6.45) is 2.12. The van der Waals surface area contributed by atoms with Crippen molar-refractivity contribution in [3.05, 3.63) is 47.8 Å². The van der Waals surface area contributed by atoms with Gasteiger partial charge in [-0.25, -0.2) is 4.68 Å². The monoisotopic (exact) mass is 422 g/mol. The fourth-order valence-corrected chi connectivity index (χ4v) is 5.03. The second-order valence-corrected chi connectivity index (χ2v) is 11.2. The van der Waals surface area contributed by atoms with E-state index >= 15 is 0 Å². The van der Waals surface area contributed by atoms with Crippen molar-refractivity contribution >= 4 is 5.91 Å². The van der Waals surface area contributed by atoms with Gasteiger partial charge in [-0.3, -0.25) is 4.79 Å². The number of carbonyl (C=O) groups excluding carboxylic acids is 1. The van der Waals surface area contributed by atoms with Gasteiger partial charge in [0.25, 0.3) is 5.91 Å². The molecular formula is C26H38N4O. The molecule has 4 rings (SSSR count). The second-order valence-electron chi connectivity index (χ2n) is 11.2. The van der Waals surface area contributed by atoms with E-state index < -0.39 is 0 Å². The lowest BCUT2D eigenvalue weighted by Crippen LogP contribution is -2.37. The molecule has 1 amide bonds. The molecule has 2 unspecified atom stereocenters. The molecule has 1 aromatic heterocycles. The molecule has 5 nitrogen and oxygen atoms in total. The summed E-state index contributed by atoms with van der Waals surface area (Å²) in [6.45, 7) is 14.7. The first kappa shape index (κ1) is 22.1. The van der Waals surface area contributed by atoms with Crippen LogP contribution in [0.1, 0.15) is 57.2 Å². The van der Waals surface area contributed by atoms with E-state index in [1.807, 2.05) is 53.0 Å². The first-order valence-corrected chi connectivity index (χ1v) is 11.8. The maximum Gasteiger partial charge on any atom is 0.274 e. The Labute approximate surface area is 187 Å². The Balaban J connectivity index is 1.43. The molecule has 1 aliphatic heterocycles. The third kappa shape index (κ3) is 4.87. The molecule has 2 aliphatic rings. The molecule has 0 N–H and O–H groups in total. The van der Waals surface area contributed by atoms with Crippen molar-refractivity contribution in [2.24, 2.45) is 23.2 Å². The Morgan fingerprint density at radius 2 is 1.81 bits per heavy atom. The van der Waals surface area contributed by atoms with Crippen LogP contribution in [0, 0.1) is 23.2 Å². The summed E-state index contributed by atoms with van der Waals surface area (Å²) in [5, 5.41) is 4.75. The van der Waals surface area contributed by atoms with E-state index in [0.717, 1.165) is 30.9 Å². The molecule has 168 valence electrons. The fraction of sp³-hybridized carbons (Fsp3) is 0.615. The molecule has 0 spiro atoms. The second kappa shape index (κ2) is 8.42. The SMILES string of the molecule is CC(C)Cc1cc(C(=O)N(C)C2C3CN(CCC(C)(C)C)CC32)nn1-c1ccccc1. The van der Waals surface area contributed by atoms with Gasteiger partial charge in [-0.2, -0.15) is 5.10 Å². The number of nitrogens with zero attached hydrogens (tertiary/aromatic N) is 4. The minimum absolute atomic E-state index is 0.0559. The highest BCUT2D eigenvalue weighted by Crippen LogP contribution is 2.49. The van der Waals surface area contributed by atoms with Crippen LogP contribution in [0.4, 0.5) is 0 Å². The van der Waals surface area contributed by atoms with Crippen LogP contribution >= 0.6 is 0 Å². The molecule has 1 aliphatic carbocycles. The number of piperidine rings is 1. The molecule has 5 heteroatoms. The van der Waals surface area contributed by atoms with Gasteiger partial charge >= 0.3 is 0 Å². The number of hydrogen-bond donors (Lipinski definition) is 0. The first-order chi connectivity index (χ1) is 14.6. The Morgan fingerprint density at radius 1 is 1.16 bits per heavy atom. The van der Waals surface area contributed by atoms with Gasteiger partial charge in [-0.1, -0.05) is 52.8 Å². The molecule has 2 atom stereocenters. The quantitative estimate of drug-likeness (QED) is 0.659. The number of aromatic nitrogens is 2. The summed E-state index contributed by atoms with van der Waals surface area (Å²) in [6, 6.07) is 12.5. The summed E-state index contributed by atoms with van der Waals surface area (Å²) in [7, 11) is 1.97. The largest absolute Gasteiger partial charge is 0.337 e. The average Bonchev–Trinajstić information content (AvgIpc) is 3.04. The van der Waals surface area contributed by atoms with Crippen molar-refractivity contribution in [3.63, 3.8) is 0 Å². The Kier molecular flexibility index (Phi) is 5.99. The minimum atomic E-state index is 0.0559. The Bertz CT molecular complexity index is 899. The van der Waals surface area contributed by atoms with Gasteiger partial charge in [0.05, 0.1) is 5.69 Å². The molecule has 2 fully saturated rings. The molecule has 1 aromatic carbocycles. The normalized spacial score (nSPS) is 23.3. The van der Waals surface area contributed by atoms with Gasteiger partial charge in [0, 0.05) is 31.9 Å². The van der Waals surface area contributed by atoms with E-state index in [9.17, 15) is 4.79 Å². The van der Waals surface area contributed by atoms with Crippen molar-refractivity contribution in [2.45, 2.75) is 53.5 Å². The number of fused-ring (bicyclic) bond motifs is 1. The van der Waals surface area contributed by atoms with Gasteiger partial charge in [0.1, 0.15) is 0 Å². The number of likely N-dealkylation sites (tertiary alicyclic amines) is 1. The predicted octanol–water partition coefficient (Wildman–Crippen LogP) is 4.51. The molecule has 0 bridgehead atoms. The van der Waals surface area contributed by atoms with Crippen LogP contribution in [0.2, 0.25) is 0 Å². The third-order valence-corrected chi connectivity index (χ3v) is 6.79. The summed E-state index contributed by atoms with van der Waals surface area (Å²) in [4.78, 5) is 17.9. The summed E-state index contributed by atoms with van der Waals surface area (Å²) in [5.41, 5.74) is 3.06. The smallest absolute Gasteiger partial charge is 0.274 e. The van der Waals surface area contributed by atoms with E-state index in [0.29, 0.717) is 34.9 Å². The van der Waals surface area contributed by atoms with Crippen molar-refractivity contribution in [2.75, 3.05) is 26.7 Å². The third-order valence-electron chi connectivity index (χ3n) is 6.79. The van der Waals surface area contributed by atoms with Crippen molar-refractivity contribution in [1.82, 2.24) is 19.6 Å². The van der Waals surface area contributed by atoms with E-state index in [4.69, 9.17) is 5.10 Å². The molecule has 0 radical (unpaired) electrons. The average molecular weight is 423 g/mol. The van der Waals surface area contributed by atoms with Crippen LogP contribution in [0.3, 0.4) is 0 Å². The van der Waals surface area contributed by atoms with Gasteiger partial charge < -0.3 is 9.80 Å². The molecule has 1 saturated heterocycles. The summed E-state index contributed by atoms with van der Waals surface area (Å²) < 4.78 is 1.95. The Morgan fingerprint density at radius 3 is 2.39 bits per heavy atom. The number of amides is 1. The summed E-state index contributed by atoms with van der Waals surface area (Å²) in [5.74, 6) is 1.81. The van der Waals surface area contributed by atoms with Crippen LogP contribution in [0.25, 0.3) is 5.69 Å². The predicted molar refractivity (Wildman–Crippen MR) is 125 cm³/mol. The number of rotatable bonds is 7. The standard InChI is InChI=1S/C26H38N4O/c1-18(2)14-20-15-23(27-30(20)19-10-8-7-9-11-19)25(31)28(6)24-21-16-29(17-22(21)24)13-12-26(3,4)5/h7-11,15,18,21-22,24H,12-14,16-17H2,1-6H3. The lowest BCUT2D eigenvalue weighted by molar-refractivity contribution is 0.0749. The van der Waals surface area contributed by atoms with Crippen LogP contribution < -0.4 is 0 Å². The van der Waals surface area contributed by atoms with E-state index in [1.54, 1.807) is 0 Å². The van der Waals surface area contributed by atoms with E-state index in [1.165, 1.54) is 13.0 Å². The van der Waals surface area contributed by atoms with Gasteiger partial charge in [-0.15, -0.1) is 0 Å². The summed E-state index contributed by atoms with van der Waals surface area (Å²) >= 11 is 0. The lowest BCUT2D eigenvalue weighted by Gasteiger charge is -2.26. The maximum atomic E-state index is 13.3. The van der Waals surface area contributed by atoms with Crippen LogP contribution in [-0.2, 0) is 6.42 Å². The first-order valence-electron chi connectivity index (χ1n) is 11.8. The zero-order valence-corrected chi connectivity index (χ0v) is 20.0. The zero-order valence-electron chi connectivity index (χ0n) is 20.0. The highest BCUT2D eigenvalue weighted by Gasteiger charge is 2.58. The zero-order chi connectivity index (χ0) is 22.3.